The molecule has 1 aromatic rings. The monoisotopic (exact) mass is 151 g/mol. The molecule has 0 spiro atoms. The maximum absolute atomic E-state index is 8.43. The molecule has 0 aliphatic heterocycles. The van der Waals surface area contributed by atoms with E-state index >= 15 is 0 Å². The summed E-state index contributed by atoms with van der Waals surface area (Å²) in [6.07, 6.45) is 0. The maximum Gasteiger partial charge on any atom is 0.156 e. The number of aromatic nitrogens is 1. The van der Waals surface area contributed by atoms with Gasteiger partial charge >= 0.3 is 0 Å². The van der Waals surface area contributed by atoms with E-state index in [0.717, 1.165) is 0 Å². The Kier molecular flexibility index (Phi) is 1.78. The highest BCUT2D eigenvalue weighted by atomic mass is 32.1. The number of nitrogens with zero attached hydrogens (tertiary/aromatic N) is 2. The summed E-state index contributed by atoms with van der Waals surface area (Å²) in [7, 11) is 0. The summed E-state index contributed by atoms with van der Waals surface area (Å²) < 4.78 is 0. The Bertz CT molecular complexity index is 290. The fourth-order valence-corrected chi connectivity index (χ4v) is 0.724. The van der Waals surface area contributed by atoms with E-state index in [1.54, 1.807) is 12.1 Å². The molecule has 0 aromatic carbocycles. The van der Waals surface area contributed by atoms with E-state index in [0.29, 0.717) is 10.7 Å². The lowest BCUT2D eigenvalue weighted by Crippen LogP contribution is -1.92. The molecular formula is C6H5N3S. The van der Waals surface area contributed by atoms with Crippen LogP contribution >= 0.6 is 12.6 Å². The highest BCUT2D eigenvalue weighted by Gasteiger charge is 1.97. The molecule has 0 aliphatic rings. The number of thiol groups is 1. The number of anilines is 1. The highest BCUT2D eigenvalue weighted by Crippen LogP contribution is 2.11. The third-order valence-electron chi connectivity index (χ3n) is 1.00. The molecule has 0 saturated carbocycles. The van der Waals surface area contributed by atoms with Gasteiger partial charge in [0.2, 0.25) is 0 Å². The number of pyridine rings is 1. The third kappa shape index (κ3) is 1.20. The largest absolute Gasteiger partial charge is 0.384 e. The van der Waals surface area contributed by atoms with Crippen molar-refractivity contribution in [2.45, 2.75) is 4.90 Å². The van der Waals surface area contributed by atoms with Gasteiger partial charge in [-0.1, -0.05) is 0 Å². The highest BCUT2D eigenvalue weighted by molar-refractivity contribution is 7.80. The van der Waals surface area contributed by atoms with Crippen LogP contribution in [0.25, 0.3) is 0 Å². The average Bonchev–Trinajstić information content (AvgIpc) is 1.94. The molecule has 0 atom stereocenters. The minimum absolute atomic E-state index is 0.267. The minimum atomic E-state index is 0.267. The molecule has 1 aromatic heterocycles. The van der Waals surface area contributed by atoms with Crippen LogP contribution in [-0.2, 0) is 0 Å². The van der Waals surface area contributed by atoms with Crippen molar-refractivity contribution in [1.82, 2.24) is 4.98 Å². The van der Waals surface area contributed by atoms with E-state index < -0.39 is 0 Å². The molecule has 50 valence electrons. The molecule has 1 rings (SSSR count). The second kappa shape index (κ2) is 2.58. The second-order valence-corrected chi connectivity index (χ2v) is 2.20. The first kappa shape index (κ1) is 6.90. The zero-order chi connectivity index (χ0) is 7.56. The zero-order valence-electron chi connectivity index (χ0n) is 5.07. The van der Waals surface area contributed by atoms with Crippen molar-refractivity contribution in [3.8, 4) is 6.07 Å². The zero-order valence-corrected chi connectivity index (χ0v) is 5.97. The molecule has 3 nitrogen and oxygen atoms in total. The summed E-state index contributed by atoms with van der Waals surface area (Å²) in [6, 6.07) is 5.11. The van der Waals surface area contributed by atoms with Crippen LogP contribution in [0.3, 0.4) is 0 Å². The van der Waals surface area contributed by atoms with E-state index in [9.17, 15) is 0 Å². The van der Waals surface area contributed by atoms with E-state index in [2.05, 4.69) is 17.6 Å². The summed E-state index contributed by atoms with van der Waals surface area (Å²) in [4.78, 5) is 4.28. The van der Waals surface area contributed by atoms with Crippen LogP contribution in [0.15, 0.2) is 17.0 Å². The van der Waals surface area contributed by atoms with Crippen LogP contribution in [0, 0.1) is 11.3 Å². The second-order valence-electron chi connectivity index (χ2n) is 1.72. The maximum atomic E-state index is 8.43. The Hall–Kier alpha value is -1.21. The molecule has 0 radical (unpaired) electrons. The van der Waals surface area contributed by atoms with E-state index in [1.165, 1.54) is 0 Å². The fourth-order valence-electron chi connectivity index (χ4n) is 0.549. The van der Waals surface area contributed by atoms with Crippen LogP contribution in [-0.4, -0.2) is 4.98 Å². The van der Waals surface area contributed by atoms with Gasteiger partial charge in [-0.3, -0.25) is 0 Å². The molecule has 10 heavy (non-hydrogen) atoms. The standard InChI is InChI=1S/C6H5N3S/c7-3-4-5(10)1-2-6(8)9-4/h1-2,10H,(H2,8,9). The number of nitriles is 1. The molecule has 0 aliphatic carbocycles. The Morgan fingerprint density at radius 1 is 1.60 bits per heavy atom. The summed E-state index contributed by atoms with van der Waals surface area (Å²) >= 11 is 3.98. The normalized spacial score (nSPS) is 8.80. The molecule has 2 N–H and O–H groups in total. The van der Waals surface area contributed by atoms with Crippen LogP contribution in [0.4, 0.5) is 5.82 Å². The molecule has 0 unspecified atom stereocenters. The van der Waals surface area contributed by atoms with Gasteiger partial charge in [-0.2, -0.15) is 5.26 Å². The van der Waals surface area contributed by atoms with Gasteiger partial charge < -0.3 is 5.73 Å². The van der Waals surface area contributed by atoms with E-state index in [-0.39, 0.29) is 5.69 Å². The Morgan fingerprint density at radius 2 is 2.30 bits per heavy atom. The predicted molar refractivity (Wildman–Crippen MR) is 40.6 cm³/mol. The van der Waals surface area contributed by atoms with Crippen molar-refractivity contribution >= 4 is 18.4 Å². The lowest BCUT2D eigenvalue weighted by molar-refractivity contribution is 1.19. The van der Waals surface area contributed by atoms with Gasteiger partial charge in [-0.25, -0.2) is 4.98 Å². The summed E-state index contributed by atoms with van der Waals surface area (Å²) in [5, 5.41) is 8.43. The summed E-state index contributed by atoms with van der Waals surface area (Å²) in [6.45, 7) is 0. The van der Waals surface area contributed by atoms with Crippen molar-refractivity contribution in [1.29, 1.82) is 5.26 Å². The van der Waals surface area contributed by atoms with Crippen molar-refractivity contribution < 1.29 is 0 Å². The number of hydrogen-bond acceptors (Lipinski definition) is 4. The Morgan fingerprint density at radius 3 is 2.80 bits per heavy atom. The van der Waals surface area contributed by atoms with Crippen molar-refractivity contribution in [2.75, 3.05) is 5.73 Å². The van der Waals surface area contributed by atoms with E-state index in [1.807, 2.05) is 6.07 Å². The first-order valence-electron chi connectivity index (χ1n) is 2.59. The minimum Gasteiger partial charge on any atom is -0.384 e. The molecule has 0 saturated heterocycles. The van der Waals surface area contributed by atoms with Crippen molar-refractivity contribution in [3.05, 3.63) is 17.8 Å². The van der Waals surface area contributed by atoms with Crippen molar-refractivity contribution in [3.63, 3.8) is 0 Å². The summed E-state index contributed by atoms with van der Waals surface area (Å²) in [5.74, 6) is 0.342. The number of nitrogen functional groups attached to an aromatic ring is 1. The van der Waals surface area contributed by atoms with Crippen molar-refractivity contribution in [2.24, 2.45) is 0 Å². The van der Waals surface area contributed by atoms with Gasteiger partial charge in [0.15, 0.2) is 5.69 Å². The topological polar surface area (TPSA) is 62.7 Å². The van der Waals surface area contributed by atoms with Crippen LogP contribution in [0.1, 0.15) is 5.69 Å². The molecule has 1 heterocycles. The van der Waals surface area contributed by atoms with Crippen LogP contribution < -0.4 is 5.73 Å². The smallest absolute Gasteiger partial charge is 0.156 e. The first-order valence-corrected chi connectivity index (χ1v) is 3.04. The SMILES string of the molecule is N#Cc1nc(N)ccc1S. The first-order chi connectivity index (χ1) is 4.74. The van der Waals surface area contributed by atoms with Gasteiger partial charge in [0.25, 0.3) is 0 Å². The lowest BCUT2D eigenvalue weighted by Gasteiger charge is -1.94. The molecule has 4 heteroatoms. The number of hydrogen-bond donors (Lipinski definition) is 2. The quantitative estimate of drug-likeness (QED) is 0.540. The predicted octanol–water partition coefficient (Wildman–Crippen LogP) is 0.824. The van der Waals surface area contributed by atoms with Crippen LogP contribution in [0.2, 0.25) is 0 Å². The molecule has 0 amide bonds. The van der Waals surface area contributed by atoms with E-state index in [4.69, 9.17) is 11.0 Å². The Labute approximate surface area is 63.9 Å². The third-order valence-corrected chi connectivity index (χ3v) is 1.36. The molecule has 0 fully saturated rings. The lowest BCUT2D eigenvalue weighted by atomic mass is 10.3. The number of nitrogens with two attached hydrogens (primary N) is 1. The molecular weight excluding hydrogens is 146 g/mol. The molecule has 0 bridgehead atoms. The van der Waals surface area contributed by atoms with Crippen LogP contribution in [0.5, 0.6) is 0 Å². The average molecular weight is 151 g/mol. The van der Waals surface area contributed by atoms with Gasteiger partial charge in [-0.15, -0.1) is 12.6 Å². The van der Waals surface area contributed by atoms with Gasteiger partial charge in [0.1, 0.15) is 11.9 Å². The number of rotatable bonds is 0. The van der Waals surface area contributed by atoms with Gasteiger partial charge in [0.05, 0.1) is 0 Å². The van der Waals surface area contributed by atoms with Gasteiger partial charge in [-0.05, 0) is 12.1 Å². The summed E-state index contributed by atoms with van der Waals surface area (Å²) in [5.41, 5.74) is 5.57. The fraction of sp³-hybridized carbons (Fsp3) is 0. The van der Waals surface area contributed by atoms with Gasteiger partial charge in [0, 0.05) is 4.90 Å². The Balaban J connectivity index is 3.25.